The van der Waals surface area contributed by atoms with Crippen molar-refractivity contribution in [1.82, 2.24) is 10.3 Å². The van der Waals surface area contributed by atoms with Crippen LogP contribution in [0.3, 0.4) is 0 Å². The third-order valence-corrected chi connectivity index (χ3v) is 7.88. The summed E-state index contributed by atoms with van der Waals surface area (Å²) in [6, 6.07) is 9.01. The van der Waals surface area contributed by atoms with E-state index in [0.717, 1.165) is 30.6 Å². The minimum Gasteiger partial charge on any atom is -0.487 e. The van der Waals surface area contributed by atoms with Crippen LogP contribution in [0.2, 0.25) is 0 Å². The maximum absolute atomic E-state index is 12.6. The largest absolute Gasteiger partial charge is 0.487 e. The normalized spacial score (nSPS) is 12.7. The zero-order valence-corrected chi connectivity index (χ0v) is 27.7. The zero-order valence-electron chi connectivity index (χ0n) is 26.9. The number of hydrogen-bond acceptors (Lipinski definition) is 5. The molecule has 2 rings (SSSR count). The van der Waals surface area contributed by atoms with E-state index in [0.29, 0.717) is 24.3 Å². The third kappa shape index (κ3) is 20.3. The van der Waals surface area contributed by atoms with E-state index in [2.05, 4.69) is 17.2 Å². The van der Waals surface area contributed by atoms with Crippen molar-refractivity contribution in [1.29, 1.82) is 0 Å². The number of nitrogens with zero attached hydrogens (tertiary/aromatic N) is 1. The van der Waals surface area contributed by atoms with Crippen LogP contribution in [0.4, 0.5) is 13.2 Å². The molecule has 3 N–H and O–H groups in total. The Kier molecular flexibility index (Phi) is 18.6. The lowest BCUT2D eigenvalue weighted by Crippen LogP contribution is -2.34. The summed E-state index contributed by atoms with van der Waals surface area (Å²) in [5.41, 5.74) is 1.19. The van der Waals surface area contributed by atoms with Gasteiger partial charge in [-0.1, -0.05) is 102 Å². The molecule has 258 valence electrons. The van der Waals surface area contributed by atoms with E-state index in [9.17, 15) is 32.3 Å². The molecule has 2 aromatic rings. The molecule has 0 radical (unpaired) electrons. The Labute approximate surface area is 271 Å². The molecule has 0 fully saturated rings. The van der Waals surface area contributed by atoms with E-state index in [-0.39, 0.29) is 18.3 Å². The molecule has 0 spiro atoms. The second-order valence-corrected chi connectivity index (χ2v) is 13.1. The number of ether oxygens (including phenoxy) is 2. The van der Waals surface area contributed by atoms with Crippen molar-refractivity contribution in [3.8, 4) is 11.5 Å². The van der Waals surface area contributed by atoms with Crippen molar-refractivity contribution in [2.75, 3.05) is 6.61 Å². The highest BCUT2D eigenvalue weighted by molar-refractivity contribution is 7.55. The zero-order chi connectivity index (χ0) is 33.7. The van der Waals surface area contributed by atoms with E-state index < -0.39 is 26.4 Å². The predicted molar refractivity (Wildman–Crippen MR) is 174 cm³/mol. The highest BCUT2D eigenvalue weighted by atomic mass is 31.2. The number of amides is 1. The fourth-order valence-corrected chi connectivity index (χ4v) is 5.32. The van der Waals surface area contributed by atoms with Crippen LogP contribution in [0.5, 0.6) is 11.5 Å². The fourth-order valence-electron chi connectivity index (χ4n) is 4.89. The highest BCUT2D eigenvalue weighted by Crippen LogP contribution is 2.36. The quantitative estimate of drug-likeness (QED) is 0.0755. The lowest BCUT2D eigenvalue weighted by Gasteiger charge is -2.16. The van der Waals surface area contributed by atoms with Crippen molar-refractivity contribution in [2.45, 2.75) is 122 Å². The number of benzene rings is 1. The molecule has 1 atom stereocenters. The van der Waals surface area contributed by atoms with Crippen LogP contribution in [0.15, 0.2) is 54.5 Å². The minimum absolute atomic E-state index is 0.00542. The van der Waals surface area contributed by atoms with Gasteiger partial charge in [-0.25, -0.2) is 0 Å². The third-order valence-electron chi connectivity index (χ3n) is 7.32. The van der Waals surface area contributed by atoms with E-state index >= 15 is 0 Å². The summed E-state index contributed by atoms with van der Waals surface area (Å²) in [7, 11) is -4.40. The van der Waals surface area contributed by atoms with Gasteiger partial charge in [-0.2, -0.15) is 13.2 Å². The smallest absolute Gasteiger partial charge is 0.422 e. The van der Waals surface area contributed by atoms with Crippen molar-refractivity contribution in [3.63, 3.8) is 0 Å². The molecule has 0 bridgehead atoms. The predicted octanol–water partition coefficient (Wildman–Crippen LogP) is 8.80. The van der Waals surface area contributed by atoms with Gasteiger partial charge < -0.3 is 24.6 Å². The Morgan fingerprint density at radius 2 is 1.48 bits per heavy atom. The molecule has 1 heterocycles. The number of carbonyl (C=O) groups excluding carboxylic acids is 1. The van der Waals surface area contributed by atoms with Gasteiger partial charge in [0.25, 0.3) is 0 Å². The summed E-state index contributed by atoms with van der Waals surface area (Å²) < 4.78 is 59.1. The van der Waals surface area contributed by atoms with Crippen molar-refractivity contribution < 1.29 is 41.8 Å². The maximum Gasteiger partial charge on any atom is 0.422 e. The summed E-state index contributed by atoms with van der Waals surface area (Å²) in [6.45, 7) is 0.839. The first kappa shape index (κ1) is 39.3. The molecular weight excluding hydrogens is 620 g/mol. The second kappa shape index (κ2) is 21.8. The Bertz CT molecular complexity index is 1200. The number of halogens is 3. The number of rotatable bonds is 24. The number of nitrogens with one attached hydrogen (secondary N) is 1. The first-order chi connectivity index (χ1) is 21.9. The number of unbranched alkanes of at least 4 members (excludes halogenated alkanes) is 12. The Morgan fingerprint density at radius 1 is 0.891 bits per heavy atom. The highest BCUT2D eigenvalue weighted by Gasteiger charge is 2.28. The fraction of sp³-hybridized carbons (Fsp3) is 0.588. The van der Waals surface area contributed by atoms with Crippen molar-refractivity contribution >= 4 is 13.5 Å². The number of carbonyl (C=O) groups is 1. The van der Waals surface area contributed by atoms with Gasteiger partial charge >= 0.3 is 13.8 Å². The molecule has 1 aromatic carbocycles. The average molecular weight is 671 g/mol. The minimum atomic E-state index is -4.44. The van der Waals surface area contributed by atoms with Crippen LogP contribution < -0.4 is 14.8 Å². The Hall–Kier alpha value is -2.88. The van der Waals surface area contributed by atoms with Crippen LogP contribution in [0.1, 0.15) is 108 Å². The lowest BCUT2D eigenvalue weighted by molar-refractivity contribution is -0.153. The second-order valence-electron chi connectivity index (χ2n) is 11.6. The molecule has 0 aliphatic carbocycles. The molecule has 12 heteroatoms. The molecule has 0 aliphatic rings. The van der Waals surface area contributed by atoms with Gasteiger partial charge in [0.05, 0.1) is 11.7 Å². The van der Waals surface area contributed by atoms with Gasteiger partial charge in [0, 0.05) is 24.5 Å². The summed E-state index contributed by atoms with van der Waals surface area (Å²) >= 11 is 0. The van der Waals surface area contributed by atoms with Gasteiger partial charge in [-0.3, -0.25) is 14.3 Å². The van der Waals surface area contributed by atoms with Crippen molar-refractivity contribution in [3.05, 3.63) is 65.7 Å². The molecule has 46 heavy (non-hydrogen) atoms. The first-order valence-electron chi connectivity index (χ1n) is 16.3. The van der Waals surface area contributed by atoms with Crippen LogP contribution in [0.25, 0.3) is 0 Å². The van der Waals surface area contributed by atoms with Gasteiger partial charge in [0.1, 0.15) is 18.1 Å². The van der Waals surface area contributed by atoms with E-state index in [1.165, 1.54) is 88.6 Å². The van der Waals surface area contributed by atoms with E-state index in [1.807, 2.05) is 0 Å². The molecule has 1 amide bonds. The maximum atomic E-state index is 12.6. The van der Waals surface area contributed by atoms with Gasteiger partial charge in [0.2, 0.25) is 5.91 Å². The Balaban J connectivity index is 1.75. The SMILES string of the molecule is CCCCCCCCCCCCCCCC(=O)NC(/C=C/P(=O)(O)O)Cc1ccc(OCc2cc(OCC(F)(F)F)ccn2)cc1. The summed E-state index contributed by atoms with van der Waals surface area (Å²) in [6.07, 6.45) is 14.6. The molecule has 8 nitrogen and oxygen atoms in total. The number of hydrogen-bond donors (Lipinski definition) is 3. The summed E-state index contributed by atoms with van der Waals surface area (Å²) in [4.78, 5) is 35.3. The summed E-state index contributed by atoms with van der Waals surface area (Å²) in [5, 5.41) is 2.88. The van der Waals surface area contributed by atoms with E-state index in [1.54, 1.807) is 24.3 Å². The van der Waals surface area contributed by atoms with Crippen LogP contribution in [-0.4, -0.2) is 39.5 Å². The van der Waals surface area contributed by atoms with Gasteiger partial charge in [0.15, 0.2) is 6.61 Å². The molecule has 1 aromatic heterocycles. The van der Waals surface area contributed by atoms with Crippen LogP contribution in [-0.2, 0) is 22.4 Å². The number of pyridine rings is 1. The van der Waals surface area contributed by atoms with Crippen LogP contribution >= 0.6 is 7.60 Å². The van der Waals surface area contributed by atoms with Crippen molar-refractivity contribution in [2.24, 2.45) is 0 Å². The molecular formula is C34H50F3N2O6P. The number of aromatic nitrogens is 1. The van der Waals surface area contributed by atoms with Gasteiger partial charge in [-0.05, 0) is 36.6 Å². The number of alkyl halides is 3. The molecule has 0 aliphatic heterocycles. The monoisotopic (exact) mass is 670 g/mol. The van der Waals surface area contributed by atoms with Gasteiger partial charge in [-0.15, -0.1) is 0 Å². The standard InChI is InChI=1S/C34H50F3N2O6P/c1-2-3-4-5-6-7-8-9-10-11-12-13-14-15-33(40)39-29(21-23-46(41,42)43)24-28-16-18-31(19-17-28)44-26-30-25-32(20-22-38-30)45-27-34(35,36)37/h16-23,25,29H,2-15,24,26-27H2,1H3,(H,39,40)(H2,41,42,43)/b23-21+. The lowest BCUT2D eigenvalue weighted by atomic mass is 10.0. The molecule has 1 unspecified atom stereocenters. The first-order valence-corrected chi connectivity index (χ1v) is 18.0. The van der Waals surface area contributed by atoms with Crippen LogP contribution in [0, 0.1) is 0 Å². The molecule has 0 saturated heterocycles. The summed E-state index contributed by atoms with van der Waals surface area (Å²) in [5.74, 6) is 1.16. The average Bonchev–Trinajstić information content (AvgIpc) is 3.00. The molecule has 0 saturated carbocycles. The Morgan fingerprint density at radius 3 is 2.04 bits per heavy atom. The van der Waals surface area contributed by atoms with E-state index in [4.69, 9.17) is 9.47 Å². The topological polar surface area (TPSA) is 118 Å².